The summed E-state index contributed by atoms with van der Waals surface area (Å²) in [5.41, 5.74) is 4.89. The van der Waals surface area contributed by atoms with Gasteiger partial charge in [-0.05, 0) is 31.2 Å². The van der Waals surface area contributed by atoms with Crippen LogP contribution in [0, 0.1) is 22.7 Å². The Labute approximate surface area is 93.5 Å². The standard InChI is InChI=1S/C11H11N5/c12-5-8-7-3-1-2-4-10(7)15-11(16-14)9(8)6-13/h1-4,14H2,(H,15,16). The van der Waals surface area contributed by atoms with Gasteiger partial charge in [0.15, 0.2) is 5.82 Å². The molecule has 0 fully saturated rings. The lowest BCUT2D eigenvalue weighted by molar-refractivity contribution is 0.666. The molecule has 5 heteroatoms. The number of hydrogen-bond acceptors (Lipinski definition) is 5. The van der Waals surface area contributed by atoms with Gasteiger partial charge in [0.1, 0.15) is 17.7 Å². The Bertz CT molecular complexity index is 507. The molecule has 3 N–H and O–H groups in total. The largest absolute Gasteiger partial charge is 0.307 e. The van der Waals surface area contributed by atoms with Crippen LogP contribution in [0.15, 0.2) is 0 Å². The van der Waals surface area contributed by atoms with E-state index in [1.807, 2.05) is 6.07 Å². The molecule has 0 atom stereocenters. The number of nitriles is 2. The first-order chi connectivity index (χ1) is 7.81. The van der Waals surface area contributed by atoms with E-state index in [0.29, 0.717) is 11.4 Å². The van der Waals surface area contributed by atoms with Crippen molar-refractivity contribution in [2.75, 3.05) is 5.43 Å². The molecule has 1 aliphatic carbocycles. The van der Waals surface area contributed by atoms with E-state index in [1.165, 1.54) is 0 Å². The predicted octanol–water partition coefficient (Wildman–Crippen LogP) is 0.989. The number of nitrogens with zero attached hydrogens (tertiary/aromatic N) is 3. The second-order valence-corrected chi connectivity index (χ2v) is 3.71. The Hall–Kier alpha value is -2.11. The van der Waals surface area contributed by atoms with Crippen LogP contribution >= 0.6 is 0 Å². The molecule has 80 valence electrons. The van der Waals surface area contributed by atoms with Crippen molar-refractivity contribution >= 4 is 5.82 Å². The number of aromatic nitrogens is 1. The average molecular weight is 213 g/mol. The minimum atomic E-state index is 0.255. The van der Waals surface area contributed by atoms with E-state index in [0.717, 1.165) is 36.9 Å². The molecule has 2 rings (SSSR count). The van der Waals surface area contributed by atoms with Crippen molar-refractivity contribution in [1.82, 2.24) is 4.98 Å². The molecule has 0 unspecified atom stereocenters. The predicted molar refractivity (Wildman–Crippen MR) is 58.1 cm³/mol. The van der Waals surface area contributed by atoms with Crippen LogP contribution in [0.1, 0.15) is 35.2 Å². The summed E-state index contributed by atoms with van der Waals surface area (Å²) >= 11 is 0. The fourth-order valence-electron chi connectivity index (χ4n) is 2.08. The number of hydrazine groups is 1. The lowest BCUT2D eigenvalue weighted by Gasteiger charge is -2.18. The van der Waals surface area contributed by atoms with Gasteiger partial charge in [-0.1, -0.05) is 0 Å². The van der Waals surface area contributed by atoms with Crippen molar-refractivity contribution in [3.8, 4) is 12.1 Å². The lowest BCUT2D eigenvalue weighted by atomic mass is 9.90. The summed E-state index contributed by atoms with van der Waals surface area (Å²) in [7, 11) is 0. The van der Waals surface area contributed by atoms with Gasteiger partial charge in [0, 0.05) is 5.69 Å². The maximum atomic E-state index is 9.13. The van der Waals surface area contributed by atoms with Gasteiger partial charge in [-0.25, -0.2) is 10.8 Å². The SMILES string of the molecule is N#Cc1c(NN)nc2c(c1C#N)CCCC2. The number of nitrogens with two attached hydrogens (primary N) is 1. The maximum Gasteiger partial charge on any atom is 0.159 e. The zero-order valence-corrected chi connectivity index (χ0v) is 8.75. The van der Waals surface area contributed by atoms with Gasteiger partial charge < -0.3 is 5.43 Å². The minimum absolute atomic E-state index is 0.255. The van der Waals surface area contributed by atoms with E-state index in [2.05, 4.69) is 16.5 Å². The first-order valence-corrected chi connectivity index (χ1v) is 5.14. The number of pyridine rings is 1. The number of hydrogen-bond donors (Lipinski definition) is 2. The monoisotopic (exact) mass is 213 g/mol. The molecule has 16 heavy (non-hydrogen) atoms. The van der Waals surface area contributed by atoms with Crippen LogP contribution in [0.4, 0.5) is 5.82 Å². The molecule has 0 aliphatic heterocycles. The van der Waals surface area contributed by atoms with Crippen LogP contribution in [0.5, 0.6) is 0 Å². The van der Waals surface area contributed by atoms with Crippen molar-refractivity contribution < 1.29 is 0 Å². The van der Waals surface area contributed by atoms with Crippen LogP contribution in [-0.4, -0.2) is 4.98 Å². The Morgan fingerprint density at radius 2 is 1.81 bits per heavy atom. The maximum absolute atomic E-state index is 9.13. The summed E-state index contributed by atoms with van der Waals surface area (Å²) in [6.07, 6.45) is 3.79. The number of anilines is 1. The molecule has 0 saturated heterocycles. The Balaban J connectivity index is 2.72. The van der Waals surface area contributed by atoms with E-state index < -0.39 is 0 Å². The Morgan fingerprint density at radius 3 is 2.44 bits per heavy atom. The van der Waals surface area contributed by atoms with Crippen molar-refractivity contribution in [1.29, 1.82) is 10.5 Å². The summed E-state index contributed by atoms with van der Waals surface area (Å²) in [4.78, 5) is 4.30. The average Bonchev–Trinajstić information content (AvgIpc) is 2.36. The molecule has 1 aromatic rings. The highest BCUT2D eigenvalue weighted by atomic mass is 15.3. The first-order valence-electron chi connectivity index (χ1n) is 5.14. The summed E-state index contributed by atoms with van der Waals surface area (Å²) < 4.78 is 0. The van der Waals surface area contributed by atoms with Gasteiger partial charge in [-0.3, -0.25) is 0 Å². The van der Waals surface area contributed by atoms with Gasteiger partial charge in [-0.15, -0.1) is 0 Å². The third kappa shape index (κ3) is 1.48. The number of rotatable bonds is 1. The van der Waals surface area contributed by atoms with Crippen LogP contribution in [-0.2, 0) is 12.8 Å². The molecule has 0 bridgehead atoms. The zero-order valence-electron chi connectivity index (χ0n) is 8.75. The van der Waals surface area contributed by atoms with E-state index in [4.69, 9.17) is 16.4 Å². The molecule has 0 aromatic carbocycles. The second-order valence-electron chi connectivity index (χ2n) is 3.71. The van der Waals surface area contributed by atoms with Crippen LogP contribution in [0.25, 0.3) is 0 Å². The van der Waals surface area contributed by atoms with Crippen LogP contribution in [0.2, 0.25) is 0 Å². The van der Waals surface area contributed by atoms with Gasteiger partial charge in [0.05, 0.1) is 5.56 Å². The molecule has 1 aliphatic rings. The molecule has 0 saturated carbocycles. The topological polar surface area (TPSA) is 98.5 Å². The molecule has 5 nitrogen and oxygen atoms in total. The summed E-state index contributed by atoms with van der Waals surface area (Å²) in [6, 6.07) is 4.08. The second kappa shape index (κ2) is 4.18. The molecular weight excluding hydrogens is 202 g/mol. The van der Waals surface area contributed by atoms with Gasteiger partial charge >= 0.3 is 0 Å². The Morgan fingerprint density at radius 1 is 1.12 bits per heavy atom. The summed E-state index contributed by atoms with van der Waals surface area (Å²) in [5.74, 6) is 5.62. The summed E-state index contributed by atoms with van der Waals surface area (Å²) in [6.45, 7) is 0. The van der Waals surface area contributed by atoms with Crippen LogP contribution < -0.4 is 11.3 Å². The van der Waals surface area contributed by atoms with E-state index in [1.54, 1.807) is 0 Å². The normalized spacial score (nSPS) is 13.4. The third-order valence-electron chi connectivity index (χ3n) is 2.83. The van der Waals surface area contributed by atoms with E-state index in [9.17, 15) is 0 Å². The van der Waals surface area contributed by atoms with Crippen molar-refractivity contribution in [2.24, 2.45) is 5.84 Å². The van der Waals surface area contributed by atoms with Gasteiger partial charge in [0.2, 0.25) is 0 Å². The van der Waals surface area contributed by atoms with Crippen molar-refractivity contribution in [3.63, 3.8) is 0 Å². The van der Waals surface area contributed by atoms with E-state index >= 15 is 0 Å². The number of aryl methyl sites for hydroxylation is 1. The first kappa shape index (κ1) is 10.4. The highest BCUT2D eigenvalue weighted by Crippen LogP contribution is 2.28. The van der Waals surface area contributed by atoms with Crippen molar-refractivity contribution in [3.05, 3.63) is 22.4 Å². The quantitative estimate of drug-likeness (QED) is 0.535. The lowest BCUT2D eigenvalue weighted by Crippen LogP contribution is -2.16. The Kier molecular flexibility index (Phi) is 2.72. The molecule has 1 heterocycles. The molecular formula is C11H11N5. The summed E-state index contributed by atoms with van der Waals surface area (Å²) in [5, 5.41) is 18.2. The minimum Gasteiger partial charge on any atom is -0.307 e. The third-order valence-corrected chi connectivity index (χ3v) is 2.83. The van der Waals surface area contributed by atoms with Crippen LogP contribution in [0.3, 0.4) is 0 Å². The smallest absolute Gasteiger partial charge is 0.159 e. The molecule has 0 spiro atoms. The van der Waals surface area contributed by atoms with E-state index in [-0.39, 0.29) is 5.56 Å². The van der Waals surface area contributed by atoms with Gasteiger partial charge in [-0.2, -0.15) is 10.5 Å². The molecule has 1 aromatic heterocycles. The van der Waals surface area contributed by atoms with Gasteiger partial charge in [0.25, 0.3) is 0 Å². The van der Waals surface area contributed by atoms with Crippen molar-refractivity contribution in [2.45, 2.75) is 25.7 Å². The number of nitrogen functional groups attached to an aromatic ring is 1. The highest BCUT2D eigenvalue weighted by molar-refractivity contribution is 5.63. The molecule has 0 radical (unpaired) electrons. The fourth-order valence-corrected chi connectivity index (χ4v) is 2.08. The fraction of sp³-hybridized carbons (Fsp3) is 0.364. The number of nitrogens with one attached hydrogen (secondary N) is 1. The molecule has 0 amide bonds. The zero-order chi connectivity index (χ0) is 11.5. The highest BCUT2D eigenvalue weighted by Gasteiger charge is 2.21. The number of fused-ring (bicyclic) bond motifs is 1.